The van der Waals surface area contributed by atoms with Crippen molar-refractivity contribution >= 4 is 15.7 Å². The Hall–Kier alpha value is -1.53. The quantitative estimate of drug-likeness (QED) is 0.712. The second kappa shape index (κ2) is 6.27. The summed E-state index contributed by atoms with van der Waals surface area (Å²) in [6.07, 6.45) is 1.62. The highest BCUT2D eigenvalue weighted by Gasteiger charge is 2.08. The van der Waals surface area contributed by atoms with E-state index in [4.69, 9.17) is 10.5 Å². The van der Waals surface area contributed by atoms with E-state index in [1.807, 2.05) is 0 Å². The van der Waals surface area contributed by atoms with Crippen molar-refractivity contribution in [2.75, 3.05) is 23.6 Å². The Morgan fingerprint density at radius 2 is 2.24 bits per heavy atom. The van der Waals surface area contributed by atoms with E-state index in [-0.39, 0.29) is 12.3 Å². The smallest absolute Gasteiger partial charge is 0.233 e. The molecule has 0 fully saturated rings. The molecule has 0 aliphatic heterocycles. The first-order valence-electron chi connectivity index (χ1n) is 5.12. The zero-order valence-electron chi connectivity index (χ0n) is 9.43. The molecule has 0 saturated heterocycles. The van der Waals surface area contributed by atoms with Gasteiger partial charge in [-0.3, -0.25) is 4.72 Å². The Morgan fingerprint density at radius 3 is 2.88 bits per heavy atom. The van der Waals surface area contributed by atoms with Gasteiger partial charge in [-0.15, -0.1) is 0 Å². The van der Waals surface area contributed by atoms with Gasteiger partial charge in [-0.2, -0.15) is 0 Å². The van der Waals surface area contributed by atoms with Gasteiger partial charge in [-0.1, -0.05) is 18.7 Å². The molecule has 17 heavy (non-hydrogen) atoms. The third kappa shape index (κ3) is 4.88. The van der Waals surface area contributed by atoms with Crippen molar-refractivity contribution in [2.24, 2.45) is 5.73 Å². The van der Waals surface area contributed by atoms with Crippen molar-refractivity contribution in [1.82, 2.24) is 0 Å². The molecule has 0 aliphatic carbocycles. The van der Waals surface area contributed by atoms with Crippen LogP contribution in [0.5, 0.6) is 5.75 Å². The van der Waals surface area contributed by atoms with Crippen LogP contribution in [0.4, 0.5) is 5.69 Å². The SMILES string of the molecule is C=CCOc1cccc(NS(=O)(=O)CCN)c1. The van der Waals surface area contributed by atoms with Crippen LogP contribution in [0.25, 0.3) is 0 Å². The molecule has 0 amide bonds. The highest BCUT2D eigenvalue weighted by Crippen LogP contribution is 2.18. The number of hydrogen-bond donors (Lipinski definition) is 2. The molecule has 94 valence electrons. The molecular formula is C11H16N2O3S. The molecule has 0 heterocycles. The van der Waals surface area contributed by atoms with E-state index in [1.54, 1.807) is 30.3 Å². The summed E-state index contributed by atoms with van der Waals surface area (Å²) in [4.78, 5) is 0. The monoisotopic (exact) mass is 256 g/mol. The maximum atomic E-state index is 11.5. The molecule has 3 N–H and O–H groups in total. The fourth-order valence-corrected chi connectivity index (χ4v) is 2.09. The van der Waals surface area contributed by atoms with Gasteiger partial charge in [-0.25, -0.2) is 8.42 Å². The van der Waals surface area contributed by atoms with Crippen LogP contribution < -0.4 is 15.2 Å². The second-order valence-electron chi connectivity index (χ2n) is 3.34. The fraction of sp³-hybridized carbons (Fsp3) is 0.273. The Bertz CT molecular complexity index is 471. The number of ether oxygens (including phenoxy) is 1. The lowest BCUT2D eigenvalue weighted by Gasteiger charge is -2.09. The van der Waals surface area contributed by atoms with Crippen LogP contribution in [-0.4, -0.2) is 27.3 Å². The van der Waals surface area contributed by atoms with Crippen LogP contribution in [0.1, 0.15) is 0 Å². The van der Waals surface area contributed by atoms with Gasteiger partial charge in [-0.05, 0) is 12.1 Å². The number of benzene rings is 1. The minimum absolute atomic E-state index is 0.0853. The van der Waals surface area contributed by atoms with E-state index in [1.165, 1.54) is 0 Å². The first kappa shape index (κ1) is 13.5. The lowest BCUT2D eigenvalue weighted by atomic mass is 10.3. The Balaban J connectivity index is 2.75. The van der Waals surface area contributed by atoms with Crippen LogP contribution in [0, 0.1) is 0 Å². The zero-order valence-corrected chi connectivity index (χ0v) is 10.2. The zero-order chi connectivity index (χ0) is 12.7. The van der Waals surface area contributed by atoms with Crippen LogP contribution in [0.2, 0.25) is 0 Å². The van der Waals surface area contributed by atoms with Gasteiger partial charge in [0.15, 0.2) is 0 Å². The molecule has 0 aliphatic rings. The number of sulfonamides is 1. The van der Waals surface area contributed by atoms with Crippen molar-refractivity contribution in [3.05, 3.63) is 36.9 Å². The first-order valence-corrected chi connectivity index (χ1v) is 6.77. The lowest BCUT2D eigenvalue weighted by molar-refractivity contribution is 0.363. The first-order chi connectivity index (χ1) is 8.07. The molecule has 0 radical (unpaired) electrons. The maximum Gasteiger partial charge on any atom is 0.233 e. The minimum atomic E-state index is -3.37. The van der Waals surface area contributed by atoms with Gasteiger partial charge in [0.2, 0.25) is 10.0 Å². The standard InChI is InChI=1S/C11H16N2O3S/c1-2-7-16-11-5-3-4-10(9-11)13-17(14,15)8-6-12/h2-5,9,13H,1,6-8,12H2. The van der Waals surface area contributed by atoms with E-state index in [0.717, 1.165) is 0 Å². The van der Waals surface area contributed by atoms with E-state index in [0.29, 0.717) is 18.0 Å². The summed E-state index contributed by atoms with van der Waals surface area (Å²) in [6.45, 7) is 3.99. The maximum absolute atomic E-state index is 11.5. The van der Waals surface area contributed by atoms with Crippen molar-refractivity contribution in [3.8, 4) is 5.75 Å². The Morgan fingerprint density at radius 1 is 1.47 bits per heavy atom. The highest BCUT2D eigenvalue weighted by molar-refractivity contribution is 7.92. The molecule has 0 aromatic heterocycles. The van der Waals surface area contributed by atoms with Crippen LogP contribution in [-0.2, 0) is 10.0 Å². The molecule has 0 bridgehead atoms. The largest absolute Gasteiger partial charge is 0.489 e. The van der Waals surface area contributed by atoms with Crippen molar-refractivity contribution in [2.45, 2.75) is 0 Å². The number of hydrogen-bond acceptors (Lipinski definition) is 4. The fourth-order valence-electron chi connectivity index (χ4n) is 1.19. The van der Waals surface area contributed by atoms with E-state index >= 15 is 0 Å². The molecule has 5 nitrogen and oxygen atoms in total. The molecule has 0 saturated carbocycles. The Kier molecular flexibility index (Phi) is 4.99. The number of anilines is 1. The van der Waals surface area contributed by atoms with Crippen LogP contribution in [0.3, 0.4) is 0 Å². The van der Waals surface area contributed by atoms with Crippen LogP contribution >= 0.6 is 0 Å². The van der Waals surface area contributed by atoms with Gasteiger partial charge in [0.05, 0.1) is 11.4 Å². The molecule has 0 spiro atoms. The molecule has 6 heteroatoms. The van der Waals surface area contributed by atoms with Gasteiger partial charge >= 0.3 is 0 Å². The molecule has 0 unspecified atom stereocenters. The summed E-state index contributed by atoms with van der Waals surface area (Å²) in [5.41, 5.74) is 5.67. The average molecular weight is 256 g/mol. The summed E-state index contributed by atoms with van der Waals surface area (Å²) in [7, 11) is -3.37. The van der Waals surface area contributed by atoms with Crippen molar-refractivity contribution in [1.29, 1.82) is 0 Å². The van der Waals surface area contributed by atoms with Gasteiger partial charge in [0.1, 0.15) is 12.4 Å². The van der Waals surface area contributed by atoms with Crippen molar-refractivity contribution < 1.29 is 13.2 Å². The lowest BCUT2D eigenvalue weighted by Crippen LogP contribution is -2.22. The van der Waals surface area contributed by atoms with Crippen LogP contribution in [0.15, 0.2) is 36.9 Å². The van der Waals surface area contributed by atoms with Gasteiger partial charge in [0.25, 0.3) is 0 Å². The summed E-state index contributed by atoms with van der Waals surface area (Å²) in [6, 6.07) is 6.70. The molecule has 1 rings (SSSR count). The second-order valence-corrected chi connectivity index (χ2v) is 5.18. The number of nitrogens with one attached hydrogen (secondary N) is 1. The van der Waals surface area contributed by atoms with Gasteiger partial charge < -0.3 is 10.5 Å². The van der Waals surface area contributed by atoms with Crippen molar-refractivity contribution in [3.63, 3.8) is 0 Å². The summed E-state index contributed by atoms with van der Waals surface area (Å²) in [5, 5.41) is 0. The number of nitrogens with two attached hydrogens (primary N) is 1. The third-order valence-corrected chi connectivity index (χ3v) is 3.18. The summed E-state index contributed by atoms with van der Waals surface area (Å²) >= 11 is 0. The Labute approximate surface area is 101 Å². The summed E-state index contributed by atoms with van der Waals surface area (Å²) in [5.74, 6) is 0.475. The molecule has 1 aromatic carbocycles. The molecule has 0 atom stereocenters. The normalized spacial score (nSPS) is 10.9. The third-order valence-electron chi connectivity index (χ3n) is 1.86. The van der Waals surface area contributed by atoms with Gasteiger partial charge in [0, 0.05) is 12.6 Å². The predicted molar refractivity (Wildman–Crippen MR) is 68.6 cm³/mol. The predicted octanol–water partition coefficient (Wildman–Crippen LogP) is 0.952. The summed E-state index contributed by atoms with van der Waals surface area (Å²) < 4.78 is 30.7. The number of rotatable bonds is 7. The average Bonchev–Trinajstić information content (AvgIpc) is 2.26. The van der Waals surface area contributed by atoms with E-state index in [2.05, 4.69) is 11.3 Å². The van der Waals surface area contributed by atoms with E-state index < -0.39 is 10.0 Å². The molecule has 1 aromatic rings. The minimum Gasteiger partial charge on any atom is -0.489 e. The highest BCUT2D eigenvalue weighted by atomic mass is 32.2. The van der Waals surface area contributed by atoms with E-state index in [9.17, 15) is 8.42 Å². The molecular weight excluding hydrogens is 240 g/mol. The topological polar surface area (TPSA) is 81.4 Å².